The molecule has 2 heterocycles. The number of aromatic nitrogens is 3. The molecule has 94 valence electrons. The van der Waals surface area contributed by atoms with E-state index < -0.39 is 0 Å². The fourth-order valence-electron chi connectivity index (χ4n) is 1.72. The maximum atomic E-state index is 4.45. The van der Waals surface area contributed by atoms with Crippen LogP contribution in [0.25, 0.3) is 5.43 Å². The van der Waals surface area contributed by atoms with Gasteiger partial charge < -0.3 is 10.4 Å². The Morgan fingerprint density at radius 3 is 2.88 bits per heavy atom. The van der Waals surface area contributed by atoms with Crippen LogP contribution in [0.1, 0.15) is 32.5 Å². The second-order valence-electron chi connectivity index (χ2n) is 4.10. The van der Waals surface area contributed by atoms with Crippen molar-refractivity contribution in [2.45, 2.75) is 33.4 Å². The third-order valence-electron chi connectivity index (χ3n) is 2.53. The van der Waals surface area contributed by atoms with Crippen molar-refractivity contribution in [3.8, 4) is 0 Å². The van der Waals surface area contributed by atoms with E-state index in [9.17, 15) is 0 Å². The number of hydrazine groups is 1. The number of hydrogen-bond acceptors (Lipinski definition) is 4. The smallest absolute Gasteiger partial charge is 0.0738 e. The van der Waals surface area contributed by atoms with Gasteiger partial charge in [0, 0.05) is 25.3 Å². The maximum absolute atomic E-state index is 4.45. The Bertz CT molecular complexity index is 413. The number of hydrogen-bond donors (Lipinski definition) is 0. The Morgan fingerprint density at radius 2 is 2.24 bits per heavy atom. The van der Waals surface area contributed by atoms with Gasteiger partial charge in [-0.3, -0.25) is 5.12 Å². The minimum Gasteiger partial charge on any atom is -0.594 e. The maximum Gasteiger partial charge on any atom is 0.0738 e. The fourth-order valence-corrected chi connectivity index (χ4v) is 2.29. The topological polar surface area (TPSA) is 51.3 Å². The lowest BCUT2D eigenvalue weighted by molar-refractivity contribution is 0.0747. The van der Waals surface area contributed by atoms with Crippen LogP contribution >= 0.6 is 22.6 Å². The summed E-state index contributed by atoms with van der Waals surface area (Å²) in [5, 5.41) is 12.1. The molecule has 1 aliphatic heterocycles. The molecule has 6 nitrogen and oxygen atoms in total. The van der Waals surface area contributed by atoms with Crippen molar-refractivity contribution in [2.75, 3.05) is 6.54 Å². The minimum absolute atomic E-state index is 0.317. The fraction of sp³-hybridized carbons (Fsp3) is 0.600. The molecular weight excluding hydrogens is 331 g/mol. The van der Waals surface area contributed by atoms with E-state index in [0.29, 0.717) is 12.6 Å². The Kier molecular flexibility index (Phi) is 3.87. The lowest BCUT2D eigenvalue weighted by Crippen LogP contribution is -2.32. The van der Waals surface area contributed by atoms with E-state index >= 15 is 0 Å². The minimum atomic E-state index is 0.317. The normalized spacial score (nSPS) is 16.5. The average molecular weight is 347 g/mol. The van der Waals surface area contributed by atoms with Crippen LogP contribution in [0.3, 0.4) is 0 Å². The molecule has 0 saturated carbocycles. The van der Waals surface area contributed by atoms with Gasteiger partial charge in [-0.15, -0.1) is 5.10 Å². The molecule has 1 aromatic rings. The van der Waals surface area contributed by atoms with Crippen molar-refractivity contribution in [3.63, 3.8) is 0 Å². The molecule has 7 heteroatoms. The molecule has 0 unspecified atom stereocenters. The van der Waals surface area contributed by atoms with Crippen LogP contribution in [-0.2, 0) is 6.54 Å². The van der Waals surface area contributed by atoms with Crippen molar-refractivity contribution in [1.29, 1.82) is 0 Å². The lowest BCUT2D eigenvalue weighted by atomic mass is 10.3. The summed E-state index contributed by atoms with van der Waals surface area (Å²) in [5.41, 5.74) is 5.53. The van der Waals surface area contributed by atoms with Crippen LogP contribution in [-0.4, -0.2) is 31.7 Å². The molecule has 0 radical (unpaired) electrons. The summed E-state index contributed by atoms with van der Waals surface area (Å²) >= 11 is 2.22. The summed E-state index contributed by atoms with van der Waals surface area (Å²) in [6.07, 6.45) is 3.83. The number of rotatable bonds is 4. The SMILES string of the molecule is CCN1C=C(I)[N-]N1Cc1cnnn1C(C)C. The first kappa shape index (κ1) is 12.6. The standard InChI is InChI=1S/C10H16IN6/c1-4-15-7-10(11)13-16(15)6-9-5-12-14-17(9)8(2)3/h5,7-8H,4,6H2,1-3H3/q-1. The van der Waals surface area contributed by atoms with Crippen LogP contribution in [0.5, 0.6) is 0 Å². The second-order valence-corrected chi connectivity index (χ2v) is 5.21. The van der Waals surface area contributed by atoms with Crippen molar-refractivity contribution in [3.05, 3.63) is 27.2 Å². The molecule has 0 N–H and O–H groups in total. The molecule has 0 fully saturated rings. The van der Waals surface area contributed by atoms with Crippen molar-refractivity contribution >= 4 is 22.6 Å². The first-order valence-corrected chi connectivity index (χ1v) is 6.71. The van der Waals surface area contributed by atoms with Gasteiger partial charge in [0.05, 0.1) is 11.9 Å². The third-order valence-corrected chi connectivity index (χ3v) is 3.02. The van der Waals surface area contributed by atoms with Gasteiger partial charge >= 0.3 is 0 Å². The molecule has 0 aliphatic carbocycles. The summed E-state index contributed by atoms with van der Waals surface area (Å²) < 4.78 is 2.92. The zero-order valence-corrected chi connectivity index (χ0v) is 12.4. The Labute approximate surface area is 115 Å². The average Bonchev–Trinajstić information content (AvgIpc) is 2.85. The molecule has 0 atom stereocenters. The monoisotopic (exact) mass is 347 g/mol. The Morgan fingerprint density at radius 1 is 1.47 bits per heavy atom. The first-order valence-electron chi connectivity index (χ1n) is 5.64. The first-order chi connectivity index (χ1) is 8.11. The van der Waals surface area contributed by atoms with E-state index in [2.05, 4.69) is 64.1 Å². The van der Waals surface area contributed by atoms with E-state index in [0.717, 1.165) is 15.9 Å². The molecule has 17 heavy (non-hydrogen) atoms. The van der Waals surface area contributed by atoms with Crippen LogP contribution in [0.15, 0.2) is 16.1 Å². The van der Waals surface area contributed by atoms with Gasteiger partial charge in [0.15, 0.2) is 0 Å². The van der Waals surface area contributed by atoms with Crippen LogP contribution < -0.4 is 0 Å². The van der Waals surface area contributed by atoms with Crippen molar-refractivity contribution < 1.29 is 0 Å². The highest BCUT2D eigenvalue weighted by atomic mass is 127. The van der Waals surface area contributed by atoms with Crippen LogP contribution in [0.4, 0.5) is 0 Å². The Hall–Kier alpha value is -0.830. The van der Waals surface area contributed by atoms with Crippen LogP contribution in [0, 0.1) is 0 Å². The Balaban J connectivity index is 2.09. The highest BCUT2D eigenvalue weighted by Gasteiger charge is 2.13. The molecule has 0 saturated heterocycles. The summed E-state index contributed by atoms with van der Waals surface area (Å²) in [6, 6.07) is 0.317. The summed E-state index contributed by atoms with van der Waals surface area (Å²) in [6.45, 7) is 7.89. The van der Waals surface area contributed by atoms with Gasteiger partial charge in [0.2, 0.25) is 0 Å². The zero-order chi connectivity index (χ0) is 12.4. The van der Waals surface area contributed by atoms with Crippen molar-refractivity contribution in [1.82, 2.24) is 25.1 Å². The molecule has 1 aliphatic rings. The number of nitrogens with zero attached hydrogens (tertiary/aromatic N) is 6. The van der Waals surface area contributed by atoms with Gasteiger partial charge in [0.25, 0.3) is 0 Å². The van der Waals surface area contributed by atoms with E-state index in [1.807, 2.05) is 16.0 Å². The predicted octanol–water partition coefficient (Wildman–Crippen LogP) is 2.43. The quantitative estimate of drug-likeness (QED) is 0.620. The third kappa shape index (κ3) is 2.71. The highest BCUT2D eigenvalue weighted by Crippen LogP contribution is 2.29. The van der Waals surface area contributed by atoms with E-state index in [1.165, 1.54) is 0 Å². The highest BCUT2D eigenvalue weighted by molar-refractivity contribution is 14.1. The van der Waals surface area contributed by atoms with E-state index in [1.54, 1.807) is 6.20 Å². The predicted molar refractivity (Wildman–Crippen MR) is 73.8 cm³/mol. The summed E-state index contributed by atoms with van der Waals surface area (Å²) in [7, 11) is 0. The largest absolute Gasteiger partial charge is 0.594 e. The van der Waals surface area contributed by atoms with Gasteiger partial charge in [-0.2, -0.15) is 0 Å². The number of halogens is 1. The molecule has 0 spiro atoms. The van der Waals surface area contributed by atoms with Gasteiger partial charge in [-0.05, 0) is 20.8 Å². The molecule has 2 rings (SSSR count). The molecule has 0 bridgehead atoms. The molecule has 0 aromatic carbocycles. The molecule has 0 amide bonds. The van der Waals surface area contributed by atoms with Gasteiger partial charge in [0.1, 0.15) is 0 Å². The summed E-state index contributed by atoms with van der Waals surface area (Å²) in [5.74, 6) is 0. The van der Waals surface area contributed by atoms with Gasteiger partial charge in [-0.1, -0.05) is 31.5 Å². The molecular formula is C10H16IN6-. The second kappa shape index (κ2) is 5.21. The summed E-state index contributed by atoms with van der Waals surface area (Å²) in [4.78, 5) is 0. The van der Waals surface area contributed by atoms with E-state index in [-0.39, 0.29) is 0 Å². The van der Waals surface area contributed by atoms with Crippen LogP contribution in [0.2, 0.25) is 0 Å². The zero-order valence-electron chi connectivity index (χ0n) is 10.2. The van der Waals surface area contributed by atoms with Crippen molar-refractivity contribution in [2.24, 2.45) is 0 Å². The van der Waals surface area contributed by atoms with E-state index in [4.69, 9.17) is 0 Å². The molecule has 1 aromatic heterocycles. The van der Waals surface area contributed by atoms with Gasteiger partial charge in [-0.25, -0.2) is 4.68 Å². The lowest BCUT2D eigenvalue weighted by Gasteiger charge is -2.38.